The first-order valence-corrected chi connectivity index (χ1v) is 6.91. The number of rotatable bonds is 6. The maximum Gasteiger partial charge on any atom is 0.0615 e. The normalized spacial score (nSPS) is 29.8. The zero-order valence-corrected chi connectivity index (χ0v) is 12.3. The van der Waals surface area contributed by atoms with E-state index in [1.165, 1.54) is 19.3 Å². The number of nitrogens with zero attached hydrogens (tertiary/aromatic N) is 1. The predicted octanol–water partition coefficient (Wildman–Crippen LogP) is 2.25. The van der Waals surface area contributed by atoms with Gasteiger partial charge in [0, 0.05) is 25.2 Å². The largest absolute Gasteiger partial charge is 0.383 e. The van der Waals surface area contributed by atoms with Gasteiger partial charge in [-0.25, -0.2) is 0 Å². The molecule has 0 aliphatic heterocycles. The van der Waals surface area contributed by atoms with E-state index in [2.05, 4.69) is 32.6 Å². The number of likely N-dealkylation sites (N-methyl/N-ethyl adjacent to an activating group) is 1. The monoisotopic (exact) mass is 242 g/mol. The summed E-state index contributed by atoms with van der Waals surface area (Å²) in [5, 5.41) is 0. The Kier molecular flexibility index (Phi) is 4.99. The standard InChI is InChI=1S/C14H30N2O/c1-6-16(12(2)10-17-5)14(11-15)9-7-8-13(14,3)4/h12H,6-11,15H2,1-5H3. The molecule has 0 spiro atoms. The lowest BCUT2D eigenvalue weighted by molar-refractivity contribution is -0.0317. The van der Waals surface area contributed by atoms with Crippen LogP contribution in [0.25, 0.3) is 0 Å². The summed E-state index contributed by atoms with van der Waals surface area (Å²) in [6.07, 6.45) is 3.79. The second kappa shape index (κ2) is 5.68. The van der Waals surface area contributed by atoms with Crippen LogP contribution < -0.4 is 5.73 Å². The summed E-state index contributed by atoms with van der Waals surface area (Å²) < 4.78 is 5.32. The van der Waals surface area contributed by atoms with E-state index in [4.69, 9.17) is 10.5 Å². The lowest BCUT2D eigenvalue weighted by Crippen LogP contribution is -2.63. The van der Waals surface area contributed by atoms with Crippen molar-refractivity contribution in [2.24, 2.45) is 11.1 Å². The SMILES string of the molecule is CCN(C(C)COC)C1(CN)CCCC1(C)C. The average Bonchev–Trinajstić information content (AvgIpc) is 2.56. The fraction of sp³-hybridized carbons (Fsp3) is 1.00. The van der Waals surface area contributed by atoms with E-state index in [9.17, 15) is 0 Å². The molecular formula is C14H30N2O. The molecule has 3 heteroatoms. The van der Waals surface area contributed by atoms with Gasteiger partial charge in [-0.05, 0) is 31.7 Å². The van der Waals surface area contributed by atoms with Gasteiger partial charge in [0.1, 0.15) is 0 Å². The molecule has 1 rings (SSSR count). The zero-order valence-electron chi connectivity index (χ0n) is 12.3. The zero-order chi connectivity index (χ0) is 13.1. The van der Waals surface area contributed by atoms with Gasteiger partial charge in [0.05, 0.1) is 6.61 Å². The Morgan fingerprint density at radius 1 is 1.35 bits per heavy atom. The van der Waals surface area contributed by atoms with Gasteiger partial charge in [-0.3, -0.25) is 4.90 Å². The van der Waals surface area contributed by atoms with Crippen molar-refractivity contribution in [1.29, 1.82) is 0 Å². The summed E-state index contributed by atoms with van der Waals surface area (Å²) >= 11 is 0. The Labute approximate surface area is 107 Å². The third kappa shape index (κ3) is 2.51. The summed E-state index contributed by atoms with van der Waals surface area (Å²) in [7, 11) is 1.78. The first-order chi connectivity index (χ1) is 7.95. The smallest absolute Gasteiger partial charge is 0.0615 e. The summed E-state index contributed by atoms with van der Waals surface area (Å²) in [6, 6.07) is 0.436. The third-order valence-electron chi connectivity index (χ3n) is 4.82. The van der Waals surface area contributed by atoms with Gasteiger partial charge in [0.2, 0.25) is 0 Å². The lowest BCUT2D eigenvalue weighted by Gasteiger charge is -2.51. The highest BCUT2D eigenvalue weighted by Gasteiger charge is 2.52. The summed E-state index contributed by atoms with van der Waals surface area (Å²) in [5.74, 6) is 0. The van der Waals surface area contributed by atoms with Gasteiger partial charge >= 0.3 is 0 Å². The van der Waals surface area contributed by atoms with Crippen LogP contribution in [0.2, 0.25) is 0 Å². The van der Waals surface area contributed by atoms with Gasteiger partial charge in [0.15, 0.2) is 0 Å². The average molecular weight is 242 g/mol. The minimum absolute atomic E-state index is 0.152. The molecule has 0 amide bonds. The second-order valence-electron chi connectivity index (χ2n) is 6.06. The highest BCUT2D eigenvalue weighted by molar-refractivity contribution is 5.07. The molecule has 17 heavy (non-hydrogen) atoms. The Balaban J connectivity index is 2.97. The molecule has 1 saturated carbocycles. The molecule has 0 bridgehead atoms. The van der Waals surface area contributed by atoms with Gasteiger partial charge in [-0.15, -0.1) is 0 Å². The molecule has 1 aliphatic rings. The van der Waals surface area contributed by atoms with E-state index in [0.29, 0.717) is 11.5 Å². The minimum atomic E-state index is 0.152. The van der Waals surface area contributed by atoms with Gasteiger partial charge < -0.3 is 10.5 Å². The topological polar surface area (TPSA) is 38.5 Å². The Morgan fingerprint density at radius 3 is 2.35 bits per heavy atom. The number of hydrogen-bond donors (Lipinski definition) is 1. The molecule has 0 aromatic heterocycles. The van der Waals surface area contributed by atoms with Gasteiger partial charge in [0.25, 0.3) is 0 Å². The van der Waals surface area contributed by atoms with E-state index in [-0.39, 0.29) is 5.54 Å². The lowest BCUT2D eigenvalue weighted by atomic mass is 9.73. The van der Waals surface area contributed by atoms with Gasteiger partial charge in [-0.2, -0.15) is 0 Å². The van der Waals surface area contributed by atoms with Crippen LogP contribution in [0.4, 0.5) is 0 Å². The Hall–Kier alpha value is -0.120. The number of hydrogen-bond acceptors (Lipinski definition) is 3. The van der Waals surface area contributed by atoms with Crippen LogP contribution in [0, 0.1) is 5.41 Å². The van der Waals surface area contributed by atoms with E-state index < -0.39 is 0 Å². The van der Waals surface area contributed by atoms with E-state index in [0.717, 1.165) is 19.7 Å². The molecule has 1 aliphatic carbocycles. The Bertz CT molecular complexity index is 242. The van der Waals surface area contributed by atoms with Crippen molar-refractivity contribution in [2.75, 3.05) is 26.8 Å². The van der Waals surface area contributed by atoms with Crippen LogP contribution in [-0.4, -0.2) is 43.3 Å². The van der Waals surface area contributed by atoms with Crippen LogP contribution in [0.5, 0.6) is 0 Å². The molecular weight excluding hydrogens is 212 g/mol. The van der Waals surface area contributed by atoms with Crippen LogP contribution in [-0.2, 0) is 4.74 Å². The maximum absolute atomic E-state index is 6.17. The van der Waals surface area contributed by atoms with Crippen molar-refractivity contribution in [1.82, 2.24) is 4.90 Å². The number of methoxy groups -OCH3 is 1. The number of ether oxygens (including phenoxy) is 1. The first kappa shape index (κ1) is 14.9. The van der Waals surface area contributed by atoms with Gasteiger partial charge in [-0.1, -0.05) is 27.2 Å². The summed E-state index contributed by atoms with van der Waals surface area (Å²) in [4.78, 5) is 2.57. The van der Waals surface area contributed by atoms with Crippen LogP contribution in [0.3, 0.4) is 0 Å². The van der Waals surface area contributed by atoms with E-state index >= 15 is 0 Å². The quantitative estimate of drug-likeness (QED) is 0.776. The van der Waals surface area contributed by atoms with E-state index in [1.54, 1.807) is 7.11 Å². The van der Waals surface area contributed by atoms with Crippen molar-refractivity contribution >= 4 is 0 Å². The van der Waals surface area contributed by atoms with Crippen molar-refractivity contribution in [3.8, 4) is 0 Å². The molecule has 0 aromatic rings. The molecule has 1 fully saturated rings. The molecule has 102 valence electrons. The molecule has 2 N–H and O–H groups in total. The summed E-state index contributed by atoms with van der Waals surface area (Å²) in [5.41, 5.74) is 6.63. The van der Waals surface area contributed by atoms with Crippen molar-refractivity contribution in [3.05, 3.63) is 0 Å². The highest BCUT2D eigenvalue weighted by atomic mass is 16.5. The first-order valence-electron chi connectivity index (χ1n) is 6.91. The van der Waals surface area contributed by atoms with Crippen LogP contribution in [0.1, 0.15) is 47.0 Å². The number of nitrogens with two attached hydrogens (primary N) is 1. The predicted molar refractivity (Wildman–Crippen MR) is 73.1 cm³/mol. The van der Waals surface area contributed by atoms with Crippen molar-refractivity contribution < 1.29 is 4.74 Å². The second-order valence-corrected chi connectivity index (χ2v) is 6.06. The maximum atomic E-state index is 6.17. The fourth-order valence-corrected chi connectivity index (χ4v) is 3.79. The van der Waals surface area contributed by atoms with Crippen molar-refractivity contribution in [3.63, 3.8) is 0 Å². The molecule has 3 nitrogen and oxygen atoms in total. The van der Waals surface area contributed by atoms with E-state index in [1.807, 2.05) is 0 Å². The van der Waals surface area contributed by atoms with Crippen LogP contribution in [0.15, 0.2) is 0 Å². The molecule has 0 saturated heterocycles. The minimum Gasteiger partial charge on any atom is -0.383 e. The summed E-state index contributed by atoms with van der Waals surface area (Å²) in [6.45, 7) is 11.8. The fourth-order valence-electron chi connectivity index (χ4n) is 3.79. The molecule has 2 unspecified atom stereocenters. The Morgan fingerprint density at radius 2 is 2.00 bits per heavy atom. The third-order valence-corrected chi connectivity index (χ3v) is 4.82. The molecule has 0 aromatic carbocycles. The molecule has 2 atom stereocenters. The highest BCUT2D eigenvalue weighted by Crippen LogP contribution is 2.49. The van der Waals surface area contributed by atoms with Crippen LogP contribution >= 0.6 is 0 Å². The molecule has 0 radical (unpaired) electrons. The van der Waals surface area contributed by atoms with Crippen molar-refractivity contribution in [2.45, 2.75) is 58.5 Å². The molecule has 0 heterocycles.